The highest BCUT2D eigenvalue weighted by atomic mass is 79.9. The van der Waals surface area contributed by atoms with E-state index in [0.717, 1.165) is 15.5 Å². The van der Waals surface area contributed by atoms with Crippen molar-refractivity contribution in [3.8, 4) is 5.69 Å². The Kier molecular flexibility index (Phi) is 4.40. The number of para-hydroxylation sites is 3. The lowest BCUT2D eigenvalue weighted by Crippen LogP contribution is -1.93. The second-order valence-electron chi connectivity index (χ2n) is 6.89. The highest BCUT2D eigenvalue weighted by Crippen LogP contribution is 2.35. The third-order valence-corrected chi connectivity index (χ3v) is 6.07. The molecule has 3 heteroatoms. The Hall–Kier alpha value is -3.04. The summed E-state index contributed by atoms with van der Waals surface area (Å²) in [6, 6.07) is 30.3. The maximum Gasteiger partial charge on any atom is 0.0609 e. The number of aromatic nitrogens is 2. The Morgan fingerprint density at radius 3 is 1.97 bits per heavy atom. The molecule has 142 valence electrons. The van der Waals surface area contributed by atoms with E-state index in [0.29, 0.717) is 0 Å². The van der Waals surface area contributed by atoms with E-state index in [9.17, 15) is 0 Å². The molecule has 0 aliphatic rings. The number of hydrogen-bond donors (Lipinski definition) is 1. The molecular weight excluding hydrogens is 420 g/mol. The molecule has 0 saturated heterocycles. The predicted molar refractivity (Wildman–Crippen MR) is 129 cm³/mol. The number of H-pyrrole nitrogens is 1. The molecule has 0 radical (unpaired) electrons. The molecule has 0 aliphatic carbocycles. The van der Waals surface area contributed by atoms with Gasteiger partial charge in [0.05, 0.1) is 16.6 Å². The molecule has 0 spiro atoms. The normalized spacial score (nSPS) is 11.3. The summed E-state index contributed by atoms with van der Waals surface area (Å²) >= 11 is 3.66. The van der Waals surface area contributed by atoms with Gasteiger partial charge in [0.25, 0.3) is 0 Å². The van der Waals surface area contributed by atoms with Gasteiger partial charge in [-0.05, 0) is 52.3 Å². The SMILES string of the molecule is Brc1cccc2c1[nH]c1ccc(-n3c4ccccc4c4ccccc43)cc12.CC. The van der Waals surface area contributed by atoms with Gasteiger partial charge in [-0.25, -0.2) is 0 Å². The van der Waals surface area contributed by atoms with Crippen LogP contribution in [0.15, 0.2) is 89.4 Å². The minimum Gasteiger partial charge on any atom is -0.354 e. The van der Waals surface area contributed by atoms with Crippen molar-refractivity contribution < 1.29 is 0 Å². The van der Waals surface area contributed by atoms with Crippen LogP contribution in [0.2, 0.25) is 0 Å². The van der Waals surface area contributed by atoms with Gasteiger partial charge in [0.2, 0.25) is 0 Å². The number of hydrogen-bond acceptors (Lipinski definition) is 0. The molecule has 0 unspecified atom stereocenters. The molecule has 0 atom stereocenters. The summed E-state index contributed by atoms with van der Waals surface area (Å²) < 4.78 is 3.45. The molecule has 29 heavy (non-hydrogen) atoms. The quantitative estimate of drug-likeness (QED) is 0.265. The van der Waals surface area contributed by atoms with Crippen molar-refractivity contribution >= 4 is 59.5 Å². The summed E-state index contributed by atoms with van der Waals surface area (Å²) in [5.41, 5.74) is 5.95. The fourth-order valence-electron chi connectivity index (χ4n) is 4.21. The van der Waals surface area contributed by atoms with E-state index in [1.54, 1.807) is 0 Å². The van der Waals surface area contributed by atoms with E-state index in [-0.39, 0.29) is 0 Å². The summed E-state index contributed by atoms with van der Waals surface area (Å²) in [7, 11) is 0. The van der Waals surface area contributed by atoms with Gasteiger partial charge in [0, 0.05) is 37.2 Å². The highest BCUT2D eigenvalue weighted by molar-refractivity contribution is 9.10. The van der Waals surface area contributed by atoms with Gasteiger partial charge in [-0.15, -0.1) is 0 Å². The van der Waals surface area contributed by atoms with E-state index < -0.39 is 0 Å². The van der Waals surface area contributed by atoms with Crippen molar-refractivity contribution in [2.45, 2.75) is 13.8 Å². The van der Waals surface area contributed by atoms with Crippen LogP contribution in [0.25, 0.3) is 49.3 Å². The number of rotatable bonds is 1. The smallest absolute Gasteiger partial charge is 0.0609 e. The van der Waals surface area contributed by atoms with Crippen molar-refractivity contribution in [1.29, 1.82) is 0 Å². The Labute approximate surface area is 177 Å². The third-order valence-electron chi connectivity index (χ3n) is 5.40. The van der Waals surface area contributed by atoms with Crippen LogP contribution >= 0.6 is 15.9 Å². The predicted octanol–water partition coefficient (Wildman–Crippen LogP) is 8.21. The summed E-state index contributed by atoms with van der Waals surface area (Å²) in [4.78, 5) is 3.54. The molecule has 1 N–H and O–H groups in total. The summed E-state index contributed by atoms with van der Waals surface area (Å²) in [6.45, 7) is 4.00. The average molecular weight is 441 g/mol. The van der Waals surface area contributed by atoms with Crippen molar-refractivity contribution in [3.05, 3.63) is 89.4 Å². The molecule has 0 saturated carbocycles. The van der Waals surface area contributed by atoms with E-state index in [4.69, 9.17) is 0 Å². The summed E-state index contributed by atoms with van der Waals surface area (Å²) in [5, 5.41) is 5.05. The van der Waals surface area contributed by atoms with Gasteiger partial charge in [-0.3, -0.25) is 0 Å². The zero-order valence-electron chi connectivity index (χ0n) is 16.4. The number of benzene rings is 4. The first-order chi connectivity index (χ1) is 14.3. The zero-order valence-corrected chi connectivity index (χ0v) is 18.0. The molecule has 2 heterocycles. The minimum absolute atomic E-state index is 1.09. The molecule has 2 aromatic heterocycles. The standard InChI is InChI=1S/C24H15BrN2.C2H6/c25-20-9-5-8-18-19-14-15(12-13-21(19)26-24(18)20)27-22-10-3-1-6-16(22)17-7-2-4-11-23(17)27;1-2/h1-14,26H;1-2H3. The van der Waals surface area contributed by atoms with Gasteiger partial charge in [0.1, 0.15) is 0 Å². The van der Waals surface area contributed by atoms with Crippen LogP contribution in [0, 0.1) is 0 Å². The molecule has 6 rings (SSSR count). The first-order valence-electron chi connectivity index (χ1n) is 10.00. The van der Waals surface area contributed by atoms with Gasteiger partial charge in [0.15, 0.2) is 0 Å². The second kappa shape index (κ2) is 7.09. The molecule has 0 bridgehead atoms. The van der Waals surface area contributed by atoms with E-state index in [1.807, 2.05) is 13.8 Å². The average Bonchev–Trinajstić information content (AvgIpc) is 3.32. The van der Waals surface area contributed by atoms with Crippen molar-refractivity contribution in [2.75, 3.05) is 0 Å². The molecule has 4 aromatic carbocycles. The van der Waals surface area contributed by atoms with Crippen LogP contribution in [0.4, 0.5) is 0 Å². The van der Waals surface area contributed by atoms with Crippen molar-refractivity contribution in [3.63, 3.8) is 0 Å². The first kappa shape index (κ1) is 18.0. The van der Waals surface area contributed by atoms with Crippen molar-refractivity contribution in [2.24, 2.45) is 0 Å². The Bertz CT molecular complexity index is 1430. The zero-order chi connectivity index (χ0) is 20.0. The van der Waals surface area contributed by atoms with Crippen LogP contribution in [0.5, 0.6) is 0 Å². The fraction of sp³-hybridized carbons (Fsp3) is 0.0769. The van der Waals surface area contributed by atoms with Gasteiger partial charge < -0.3 is 9.55 Å². The highest BCUT2D eigenvalue weighted by Gasteiger charge is 2.13. The van der Waals surface area contributed by atoms with Crippen LogP contribution < -0.4 is 0 Å². The summed E-state index contributed by atoms with van der Waals surface area (Å²) in [5.74, 6) is 0. The van der Waals surface area contributed by atoms with Gasteiger partial charge in [-0.1, -0.05) is 62.4 Å². The number of nitrogens with zero attached hydrogens (tertiary/aromatic N) is 1. The van der Waals surface area contributed by atoms with Crippen LogP contribution in [-0.4, -0.2) is 9.55 Å². The number of nitrogens with one attached hydrogen (secondary N) is 1. The Balaban J connectivity index is 0.000000882. The van der Waals surface area contributed by atoms with Crippen molar-refractivity contribution in [1.82, 2.24) is 9.55 Å². The largest absolute Gasteiger partial charge is 0.354 e. The lowest BCUT2D eigenvalue weighted by atomic mass is 10.1. The lowest BCUT2D eigenvalue weighted by Gasteiger charge is -2.08. The molecule has 6 aromatic rings. The van der Waals surface area contributed by atoms with E-state index in [1.165, 1.54) is 38.3 Å². The topological polar surface area (TPSA) is 20.7 Å². The third kappa shape index (κ3) is 2.69. The van der Waals surface area contributed by atoms with E-state index >= 15 is 0 Å². The fourth-order valence-corrected chi connectivity index (χ4v) is 4.68. The molecule has 0 aliphatic heterocycles. The summed E-state index contributed by atoms with van der Waals surface area (Å²) in [6.07, 6.45) is 0. The number of aromatic amines is 1. The maximum atomic E-state index is 3.66. The monoisotopic (exact) mass is 440 g/mol. The van der Waals surface area contributed by atoms with Gasteiger partial charge >= 0.3 is 0 Å². The van der Waals surface area contributed by atoms with Crippen LogP contribution in [-0.2, 0) is 0 Å². The van der Waals surface area contributed by atoms with Gasteiger partial charge in [-0.2, -0.15) is 0 Å². The van der Waals surface area contributed by atoms with Crippen LogP contribution in [0.1, 0.15) is 13.8 Å². The van der Waals surface area contributed by atoms with E-state index in [2.05, 4.69) is 110 Å². The molecule has 0 fully saturated rings. The lowest BCUT2D eigenvalue weighted by molar-refractivity contribution is 1.19. The number of halogens is 1. The maximum absolute atomic E-state index is 3.66. The minimum atomic E-state index is 1.09. The number of fused-ring (bicyclic) bond motifs is 6. The Morgan fingerprint density at radius 1 is 0.655 bits per heavy atom. The molecule has 2 nitrogen and oxygen atoms in total. The first-order valence-corrected chi connectivity index (χ1v) is 10.8. The Morgan fingerprint density at radius 2 is 1.28 bits per heavy atom. The second-order valence-corrected chi connectivity index (χ2v) is 7.74. The molecule has 0 amide bonds. The van der Waals surface area contributed by atoms with Crippen LogP contribution in [0.3, 0.4) is 0 Å². The molecular formula is C26H21BrN2.